The molecule has 0 saturated carbocycles. The second-order valence-electron chi connectivity index (χ2n) is 6.03. The van der Waals surface area contributed by atoms with Crippen LogP contribution < -0.4 is 10.6 Å². The molecular weight excluding hydrogens is 344 g/mol. The summed E-state index contributed by atoms with van der Waals surface area (Å²) in [6.07, 6.45) is 2.18. The first-order valence-electron chi connectivity index (χ1n) is 8.50. The molecule has 3 aromatic rings. The Labute approximate surface area is 156 Å². The lowest BCUT2D eigenvalue weighted by Crippen LogP contribution is -2.05. The number of rotatable bonds is 6. The summed E-state index contributed by atoms with van der Waals surface area (Å²) in [4.78, 5) is 20.1. The molecule has 7 heteroatoms. The Balaban J connectivity index is 1.91. The van der Waals surface area contributed by atoms with E-state index >= 15 is 0 Å². The van der Waals surface area contributed by atoms with Crippen LogP contribution in [0, 0.1) is 6.92 Å². The fourth-order valence-electron chi connectivity index (χ4n) is 2.62. The van der Waals surface area contributed by atoms with Crippen molar-refractivity contribution >= 4 is 29.1 Å². The third-order valence-electron chi connectivity index (χ3n) is 4.06. The molecule has 4 N–H and O–H groups in total. The molecule has 0 fully saturated rings. The number of para-hydroxylation sites is 1. The largest absolute Gasteiger partial charge is 0.507 e. The van der Waals surface area contributed by atoms with Crippen molar-refractivity contribution in [1.29, 1.82) is 0 Å². The highest BCUT2D eigenvalue weighted by molar-refractivity contribution is 5.93. The van der Waals surface area contributed by atoms with Crippen LogP contribution in [0.1, 0.15) is 28.4 Å². The molecule has 3 rings (SSSR count). The smallest absolute Gasteiger partial charge is 0.339 e. The highest BCUT2D eigenvalue weighted by atomic mass is 16.4. The Morgan fingerprint density at radius 2 is 1.85 bits per heavy atom. The number of aromatic nitrogens is 2. The van der Waals surface area contributed by atoms with Crippen molar-refractivity contribution in [2.45, 2.75) is 20.3 Å². The maximum atomic E-state index is 11.4. The number of anilines is 4. The monoisotopic (exact) mass is 364 g/mol. The molecule has 27 heavy (non-hydrogen) atoms. The molecule has 0 unspecified atom stereocenters. The molecule has 2 aromatic carbocycles. The zero-order valence-electron chi connectivity index (χ0n) is 15.0. The van der Waals surface area contributed by atoms with Gasteiger partial charge in [0, 0.05) is 23.1 Å². The summed E-state index contributed by atoms with van der Waals surface area (Å²) < 4.78 is 0. The first-order valence-corrected chi connectivity index (χ1v) is 8.50. The Morgan fingerprint density at radius 1 is 1.11 bits per heavy atom. The number of benzene rings is 2. The third kappa shape index (κ3) is 4.14. The van der Waals surface area contributed by atoms with Gasteiger partial charge in [0.05, 0.1) is 0 Å². The van der Waals surface area contributed by atoms with Gasteiger partial charge in [-0.15, -0.1) is 0 Å². The third-order valence-corrected chi connectivity index (χ3v) is 4.06. The molecule has 1 aromatic heterocycles. The highest BCUT2D eigenvalue weighted by Gasteiger charge is 2.15. The Hall–Kier alpha value is -3.61. The lowest BCUT2D eigenvalue weighted by Gasteiger charge is -2.13. The van der Waals surface area contributed by atoms with Crippen LogP contribution in [-0.2, 0) is 6.42 Å². The van der Waals surface area contributed by atoms with Crippen molar-refractivity contribution in [3.63, 3.8) is 0 Å². The standard InChI is InChI=1S/C20H20N4O3/c1-3-13-9-15(10-16(17(13)25)19(26)27)23-20-21-11-12(2)18(24-20)22-14-7-5-4-6-8-14/h4-11,25H,3H2,1-2H3,(H,26,27)(H2,21,22,23,24). The molecule has 0 spiro atoms. The summed E-state index contributed by atoms with van der Waals surface area (Å²) in [6, 6.07) is 12.7. The van der Waals surface area contributed by atoms with E-state index in [-0.39, 0.29) is 11.3 Å². The molecule has 0 saturated heterocycles. The van der Waals surface area contributed by atoms with Gasteiger partial charge < -0.3 is 20.8 Å². The minimum absolute atomic E-state index is 0.161. The summed E-state index contributed by atoms with van der Waals surface area (Å²) >= 11 is 0. The van der Waals surface area contributed by atoms with Crippen LogP contribution in [0.25, 0.3) is 0 Å². The number of hydrogen-bond donors (Lipinski definition) is 4. The number of phenols is 1. The Kier molecular flexibility index (Phi) is 5.21. The van der Waals surface area contributed by atoms with Gasteiger partial charge in [-0.3, -0.25) is 0 Å². The minimum atomic E-state index is -1.19. The fourth-order valence-corrected chi connectivity index (χ4v) is 2.62. The number of nitrogens with one attached hydrogen (secondary N) is 2. The van der Waals surface area contributed by atoms with Gasteiger partial charge in [0.2, 0.25) is 5.95 Å². The molecule has 0 bridgehead atoms. The lowest BCUT2D eigenvalue weighted by atomic mass is 10.1. The normalized spacial score (nSPS) is 10.4. The number of aryl methyl sites for hydroxylation is 2. The first kappa shape index (κ1) is 18.2. The van der Waals surface area contributed by atoms with Gasteiger partial charge in [0.1, 0.15) is 17.1 Å². The van der Waals surface area contributed by atoms with Crippen LogP contribution in [0.2, 0.25) is 0 Å². The molecule has 0 amide bonds. The average molecular weight is 364 g/mol. The maximum Gasteiger partial charge on any atom is 0.339 e. The second kappa shape index (κ2) is 7.74. The molecule has 0 radical (unpaired) electrons. The Bertz CT molecular complexity index is 974. The molecule has 138 valence electrons. The summed E-state index contributed by atoms with van der Waals surface area (Å²) in [5, 5.41) is 25.6. The van der Waals surface area contributed by atoms with E-state index in [1.165, 1.54) is 6.07 Å². The number of carboxylic acids is 1. The molecule has 0 atom stereocenters. The molecule has 0 aliphatic rings. The van der Waals surface area contributed by atoms with E-state index in [4.69, 9.17) is 0 Å². The fraction of sp³-hybridized carbons (Fsp3) is 0.150. The second-order valence-corrected chi connectivity index (χ2v) is 6.03. The van der Waals surface area contributed by atoms with Gasteiger partial charge >= 0.3 is 5.97 Å². The summed E-state index contributed by atoms with van der Waals surface area (Å²) in [5.74, 6) is -0.441. The first-order chi connectivity index (χ1) is 13.0. The molecule has 0 aliphatic carbocycles. The van der Waals surface area contributed by atoms with Crippen LogP contribution in [0.3, 0.4) is 0 Å². The van der Waals surface area contributed by atoms with Gasteiger partial charge in [-0.2, -0.15) is 4.98 Å². The van der Waals surface area contributed by atoms with Crippen molar-refractivity contribution in [1.82, 2.24) is 9.97 Å². The van der Waals surface area contributed by atoms with Crippen molar-refractivity contribution in [2.75, 3.05) is 10.6 Å². The summed E-state index contributed by atoms with van der Waals surface area (Å²) in [6.45, 7) is 3.74. The average Bonchev–Trinajstić information content (AvgIpc) is 2.66. The summed E-state index contributed by atoms with van der Waals surface area (Å²) in [5.41, 5.74) is 2.64. The van der Waals surface area contributed by atoms with Gasteiger partial charge in [-0.05, 0) is 43.2 Å². The van der Waals surface area contributed by atoms with Gasteiger partial charge in [0.15, 0.2) is 0 Å². The van der Waals surface area contributed by atoms with Crippen LogP contribution in [0.5, 0.6) is 5.75 Å². The highest BCUT2D eigenvalue weighted by Crippen LogP contribution is 2.29. The van der Waals surface area contributed by atoms with E-state index in [9.17, 15) is 15.0 Å². The van der Waals surface area contributed by atoms with Crippen LogP contribution >= 0.6 is 0 Å². The van der Waals surface area contributed by atoms with Crippen molar-refractivity contribution < 1.29 is 15.0 Å². The number of carboxylic acid groups (broad SMARTS) is 1. The van der Waals surface area contributed by atoms with Gasteiger partial charge in [-0.25, -0.2) is 9.78 Å². The van der Waals surface area contributed by atoms with E-state index in [0.717, 1.165) is 11.3 Å². The van der Waals surface area contributed by atoms with Gasteiger partial charge in [0.25, 0.3) is 0 Å². The predicted octanol–water partition coefficient (Wildman–Crippen LogP) is 4.24. The number of aromatic hydroxyl groups is 1. The van der Waals surface area contributed by atoms with Crippen LogP contribution in [0.4, 0.5) is 23.1 Å². The van der Waals surface area contributed by atoms with E-state index in [0.29, 0.717) is 29.4 Å². The number of hydrogen-bond acceptors (Lipinski definition) is 6. The molecule has 7 nitrogen and oxygen atoms in total. The minimum Gasteiger partial charge on any atom is -0.507 e. The van der Waals surface area contributed by atoms with E-state index in [2.05, 4.69) is 20.6 Å². The van der Waals surface area contributed by atoms with Crippen LogP contribution in [0.15, 0.2) is 48.7 Å². The van der Waals surface area contributed by atoms with E-state index in [1.54, 1.807) is 12.3 Å². The number of nitrogens with zero attached hydrogens (tertiary/aromatic N) is 2. The molecule has 1 heterocycles. The van der Waals surface area contributed by atoms with Crippen molar-refractivity contribution in [3.8, 4) is 5.75 Å². The maximum absolute atomic E-state index is 11.4. The summed E-state index contributed by atoms with van der Waals surface area (Å²) in [7, 11) is 0. The zero-order chi connectivity index (χ0) is 19.4. The SMILES string of the molecule is CCc1cc(Nc2ncc(C)c(Nc3ccccc3)n2)cc(C(=O)O)c1O. The zero-order valence-corrected chi connectivity index (χ0v) is 15.0. The van der Waals surface area contributed by atoms with E-state index in [1.807, 2.05) is 44.2 Å². The Morgan fingerprint density at radius 3 is 2.52 bits per heavy atom. The topological polar surface area (TPSA) is 107 Å². The quantitative estimate of drug-likeness (QED) is 0.485. The number of aromatic carboxylic acids is 1. The van der Waals surface area contributed by atoms with E-state index < -0.39 is 5.97 Å². The predicted molar refractivity (Wildman–Crippen MR) is 104 cm³/mol. The van der Waals surface area contributed by atoms with Crippen molar-refractivity contribution in [2.24, 2.45) is 0 Å². The lowest BCUT2D eigenvalue weighted by molar-refractivity contribution is 0.0693. The molecular formula is C20H20N4O3. The van der Waals surface area contributed by atoms with Crippen LogP contribution in [-0.4, -0.2) is 26.2 Å². The van der Waals surface area contributed by atoms with Gasteiger partial charge in [-0.1, -0.05) is 25.1 Å². The number of carbonyl (C=O) groups is 1. The van der Waals surface area contributed by atoms with Crippen molar-refractivity contribution in [3.05, 3.63) is 65.4 Å². The molecule has 0 aliphatic heterocycles.